The molecule has 0 saturated heterocycles. The minimum Gasteiger partial charge on any atom is -0.348 e. The summed E-state index contributed by atoms with van der Waals surface area (Å²) in [6.07, 6.45) is 2.49. The van der Waals surface area contributed by atoms with Crippen molar-refractivity contribution in [1.82, 2.24) is 15.1 Å². The molecule has 1 aromatic heterocycles. The van der Waals surface area contributed by atoms with Crippen LogP contribution in [0.15, 0.2) is 24.4 Å². The van der Waals surface area contributed by atoms with E-state index in [0.717, 1.165) is 28.3 Å². The number of hydrogen-bond donors (Lipinski definition) is 1. The van der Waals surface area contributed by atoms with Gasteiger partial charge in [-0.2, -0.15) is 5.10 Å². The molecule has 1 N–H and O–H groups in total. The number of aryl methyl sites for hydroxylation is 3. The maximum Gasteiger partial charge on any atom is 0.255 e. The molecule has 0 unspecified atom stereocenters. The normalized spacial score (nSPS) is 10.6. The molecule has 0 aliphatic rings. The van der Waals surface area contributed by atoms with Gasteiger partial charge in [-0.1, -0.05) is 30.7 Å². The van der Waals surface area contributed by atoms with Gasteiger partial charge in [0, 0.05) is 24.8 Å². The van der Waals surface area contributed by atoms with Crippen LogP contribution in [0.5, 0.6) is 0 Å². The summed E-state index contributed by atoms with van der Waals surface area (Å²) in [5.74, 6) is -0.0949. The molecule has 5 heteroatoms. The minimum absolute atomic E-state index is 0.0949. The Morgan fingerprint density at radius 2 is 2.20 bits per heavy atom. The van der Waals surface area contributed by atoms with E-state index in [1.807, 2.05) is 39.1 Å². The van der Waals surface area contributed by atoms with Crippen LogP contribution in [0.1, 0.15) is 34.1 Å². The highest BCUT2D eigenvalue weighted by atomic mass is 35.5. The highest BCUT2D eigenvalue weighted by Gasteiger charge is 2.13. The lowest BCUT2D eigenvalue weighted by atomic mass is 10.1. The lowest BCUT2D eigenvalue weighted by Crippen LogP contribution is -2.23. The zero-order valence-electron chi connectivity index (χ0n) is 11.9. The van der Waals surface area contributed by atoms with E-state index in [4.69, 9.17) is 11.6 Å². The molecule has 0 aliphatic carbocycles. The average molecular weight is 292 g/mol. The van der Waals surface area contributed by atoms with E-state index in [-0.39, 0.29) is 5.91 Å². The van der Waals surface area contributed by atoms with Crippen molar-refractivity contribution < 1.29 is 4.79 Å². The Hall–Kier alpha value is -1.81. The van der Waals surface area contributed by atoms with Crippen LogP contribution in [0.3, 0.4) is 0 Å². The Morgan fingerprint density at radius 1 is 1.45 bits per heavy atom. The van der Waals surface area contributed by atoms with Gasteiger partial charge < -0.3 is 5.32 Å². The smallest absolute Gasteiger partial charge is 0.255 e. The Kier molecular flexibility index (Phi) is 4.45. The maximum absolute atomic E-state index is 12.2. The van der Waals surface area contributed by atoms with Crippen LogP contribution in [0, 0.1) is 6.92 Å². The van der Waals surface area contributed by atoms with Gasteiger partial charge in [0.15, 0.2) is 0 Å². The standard InChI is InChI=1S/C15H18ClN3O/c1-4-14-12(9-19(3)18-14)15(20)17-8-11-5-6-13(16)10(2)7-11/h5-7,9H,4,8H2,1-3H3,(H,17,20). The van der Waals surface area contributed by atoms with Gasteiger partial charge in [-0.15, -0.1) is 0 Å². The molecule has 20 heavy (non-hydrogen) atoms. The molecule has 0 radical (unpaired) electrons. The summed E-state index contributed by atoms with van der Waals surface area (Å²) in [6, 6.07) is 5.74. The second-order valence-electron chi connectivity index (χ2n) is 4.78. The molecular formula is C15H18ClN3O. The topological polar surface area (TPSA) is 46.9 Å². The van der Waals surface area contributed by atoms with E-state index < -0.39 is 0 Å². The van der Waals surface area contributed by atoms with Crippen molar-refractivity contribution in [3.63, 3.8) is 0 Å². The van der Waals surface area contributed by atoms with Crippen molar-refractivity contribution in [2.75, 3.05) is 0 Å². The van der Waals surface area contributed by atoms with Crippen LogP contribution in [0.25, 0.3) is 0 Å². The van der Waals surface area contributed by atoms with Crippen molar-refractivity contribution in [3.8, 4) is 0 Å². The van der Waals surface area contributed by atoms with Crippen molar-refractivity contribution in [2.24, 2.45) is 7.05 Å². The molecule has 0 atom stereocenters. The summed E-state index contributed by atoms with van der Waals surface area (Å²) in [4.78, 5) is 12.2. The lowest BCUT2D eigenvalue weighted by molar-refractivity contribution is 0.0950. The Bertz CT molecular complexity index is 634. The molecule has 4 nitrogen and oxygen atoms in total. The number of halogens is 1. The third kappa shape index (κ3) is 3.20. The fraction of sp³-hybridized carbons (Fsp3) is 0.333. The SMILES string of the molecule is CCc1nn(C)cc1C(=O)NCc1ccc(Cl)c(C)c1. The molecule has 1 heterocycles. The Morgan fingerprint density at radius 3 is 2.85 bits per heavy atom. The van der Waals surface area contributed by atoms with Crippen LogP contribution in [0.4, 0.5) is 0 Å². The quantitative estimate of drug-likeness (QED) is 0.941. The minimum atomic E-state index is -0.0949. The van der Waals surface area contributed by atoms with E-state index in [9.17, 15) is 4.79 Å². The summed E-state index contributed by atoms with van der Waals surface area (Å²) < 4.78 is 1.67. The summed E-state index contributed by atoms with van der Waals surface area (Å²) in [5, 5.41) is 7.92. The van der Waals surface area contributed by atoms with Gasteiger partial charge in [-0.05, 0) is 30.5 Å². The molecule has 2 rings (SSSR count). The predicted molar refractivity (Wildman–Crippen MR) is 79.9 cm³/mol. The van der Waals surface area contributed by atoms with Gasteiger partial charge in [0.2, 0.25) is 0 Å². The van der Waals surface area contributed by atoms with Gasteiger partial charge in [0.05, 0.1) is 11.3 Å². The first kappa shape index (κ1) is 14.6. The number of aromatic nitrogens is 2. The van der Waals surface area contributed by atoms with Crippen LogP contribution in [-0.4, -0.2) is 15.7 Å². The summed E-state index contributed by atoms with van der Waals surface area (Å²) in [6.45, 7) is 4.42. The van der Waals surface area contributed by atoms with Gasteiger partial charge in [-0.25, -0.2) is 0 Å². The van der Waals surface area contributed by atoms with E-state index in [1.54, 1.807) is 10.9 Å². The molecule has 2 aromatic rings. The van der Waals surface area contributed by atoms with Crippen LogP contribution < -0.4 is 5.32 Å². The molecule has 106 valence electrons. The Balaban J connectivity index is 2.06. The average Bonchev–Trinajstić information content (AvgIpc) is 2.81. The molecule has 0 fully saturated rings. The highest BCUT2D eigenvalue weighted by molar-refractivity contribution is 6.31. The summed E-state index contributed by atoms with van der Waals surface area (Å²) in [5.41, 5.74) is 3.49. The lowest BCUT2D eigenvalue weighted by Gasteiger charge is -2.06. The second kappa shape index (κ2) is 6.09. The largest absolute Gasteiger partial charge is 0.348 e. The summed E-state index contributed by atoms with van der Waals surface area (Å²) >= 11 is 5.98. The molecule has 0 spiro atoms. The zero-order chi connectivity index (χ0) is 14.7. The number of carbonyl (C=O) groups is 1. The maximum atomic E-state index is 12.2. The number of hydrogen-bond acceptors (Lipinski definition) is 2. The number of amides is 1. The predicted octanol–water partition coefficient (Wildman–Crippen LogP) is 2.87. The molecule has 0 saturated carbocycles. The van der Waals surface area contributed by atoms with Crippen molar-refractivity contribution in [1.29, 1.82) is 0 Å². The van der Waals surface area contributed by atoms with E-state index in [2.05, 4.69) is 10.4 Å². The van der Waals surface area contributed by atoms with Crippen LogP contribution in [0.2, 0.25) is 5.02 Å². The molecule has 1 amide bonds. The van der Waals surface area contributed by atoms with E-state index >= 15 is 0 Å². The molecule has 0 aliphatic heterocycles. The van der Waals surface area contributed by atoms with Crippen molar-refractivity contribution in [2.45, 2.75) is 26.8 Å². The fourth-order valence-electron chi connectivity index (χ4n) is 2.08. The first-order valence-electron chi connectivity index (χ1n) is 6.57. The Labute approximate surface area is 123 Å². The van der Waals surface area contributed by atoms with E-state index in [0.29, 0.717) is 12.1 Å². The molecule has 1 aromatic carbocycles. The third-order valence-electron chi connectivity index (χ3n) is 3.16. The first-order valence-corrected chi connectivity index (χ1v) is 6.94. The van der Waals surface area contributed by atoms with Crippen LogP contribution in [-0.2, 0) is 20.0 Å². The van der Waals surface area contributed by atoms with Gasteiger partial charge in [0.1, 0.15) is 0 Å². The summed E-state index contributed by atoms with van der Waals surface area (Å²) in [7, 11) is 1.82. The van der Waals surface area contributed by atoms with Gasteiger partial charge in [0.25, 0.3) is 5.91 Å². The number of nitrogens with one attached hydrogen (secondary N) is 1. The van der Waals surface area contributed by atoms with Gasteiger partial charge >= 0.3 is 0 Å². The molecule has 0 bridgehead atoms. The molecular weight excluding hydrogens is 274 g/mol. The number of carbonyl (C=O) groups excluding carboxylic acids is 1. The highest BCUT2D eigenvalue weighted by Crippen LogP contribution is 2.16. The third-order valence-corrected chi connectivity index (χ3v) is 3.58. The zero-order valence-corrected chi connectivity index (χ0v) is 12.7. The van der Waals surface area contributed by atoms with Crippen LogP contribution >= 0.6 is 11.6 Å². The van der Waals surface area contributed by atoms with E-state index in [1.165, 1.54) is 0 Å². The number of rotatable bonds is 4. The monoisotopic (exact) mass is 291 g/mol. The second-order valence-corrected chi connectivity index (χ2v) is 5.19. The number of nitrogens with zero attached hydrogens (tertiary/aromatic N) is 2. The number of benzene rings is 1. The first-order chi connectivity index (χ1) is 9.51. The van der Waals surface area contributed by atoms with Gasteiger partial charge in [-0.3, -0.25) is 9.48 Å². The van der Waals surface area contributed by atoms with Crippen molar-refractivity contribution in [3.05, 3.63) is 51.8 Å². The fourth-order valence-corrected chi connectivity index (χ4v) is 2.20. The van der Waals surface area contributed by atoms with Crippen molar-refractivity contribution >= 4 is 17.5 Å².